The lowest BCUT2D eigenvalue weighted by atomic mass is 10.1. The summed E-state index contributed by atoms with van der Waals surface area (Å²) >= 11 is 0. The van der Waals surface area contributed by atoms with Gasteiger partial charge in [-0.15, -0.1) is 0 Å². The fourth-order valence-corrected chi connectivity index (χ4v) is 6.66. The molecule has 1 heterocycles. The molecule has 0 radical (unpaired) electrons. The predicted molar refractivity (Wildman–Crippen MR) is 116 cm³/mol. The fourth-order valence-electron chi connectivity index (χ4n) is 3.58. The van der Waals surface area contributed by atoms with Crippen molar-refractivity contribution in [2.24, 2.45) is 0 Å². The summed E-state index contributed by atoms with van der Waals surface area (Å²) < 4.78 is 55.1. The zero-order valence-corrected chi connectivity index (χ0v) is 17.9. The number of piperazine rings is 1. The molecule has 1 aliphatic rings. The fraction of sp³-hybridized carbons (Fsp3) is 0.182. The van der Waals surface area contributed by atoms with Crippen molar-refractivity contribution >= 4 is 20.0 Å². The predicted octanol–water partition coefficient (Wildman–Crippen LogP) is 3.05. The third kappa shape index (κ3) is 3.91. The van der Waals surface area contributed by atoms with E-state index < -0.39 is 20.0 Å². The SMILES string of the molecule is O=S(=O)(c1ccccc1)N1CCN(S(=O)(=O)c2ccccc2-c2ccccc2)CC1. The van der Waals surface area contributed by atoms with Gasteiger partial charge < -0.3 is 0 Å². The first-order valence-electron chi connectivity index (χ1n) is 9.60. The highest BCUT2D eigenvalue weighted by Gasteiger charge is 2.34. The quantitative estimate of drug-likeness (QED) is 0.609. The smallest absolute Gasteiger partial charge is 0.207 e. The summed E-state index contributed by atoms with van der Waals surface area (Å²) in [5, 5.41) is 0. The number of benzene rings is 3. The lowest BCUT2D eigenvalue weighted by Crippen LogP contribution is -2.50. The van der Waals surface area contributed by atoms with Gasteiger partial charge in [-0.3, -0.25) is 0 Å². The number of hydrogen-bond acceptors (Lipinski definition) is 4. The molecule has 1 saturated heterocycles. The van der Waals surface area contributed by atoms with Crippen LogP contribution in [0.3, 0.4) is 0 Å². The molecule has 8 heteroatoms. The molecular formula is C22H22N2O4S2. The summed E-state index contributed by atoms with van der Waals surface area (Å²) in [4.78, 5) is 0.450. The van der Waals surface area contributed by atoms with Crippen LogP contribution in [0.15, 0.2) is 94.7 Å². The Hall–Kier alpha value is -2.52. The molecule has 0 aliphatic carbocycles. The van der Waals surface area contributed by atoms with E-state index in [4.69, 9.17) is 0 Å². The van der Waals surface area contributed by atoms with Crippen molar-refractivity contribution < 1.29 is 16.8 Å². The third-order valence-corrected chi connectivity index (χ3v) is 9.04. The molecule has 0 N–H and O–H groups in total. The molecule has 0 spiro atoms. The zero-order chi connectivity index (χ0) is 21.2. The topological polar surface area (TPSA) is 74.8 Å². The normalized spacial score (nSPS) is 16.4. The minimum atomic E-state index is -3.76. The average molecular weight is 443 g/mol. The van der Waals surface area contributed by atoms with Gasteiger partial charge >= 0.3 is 0 Å². The van der Waals surface area contributed by atoms with Crippen LogP contribution in [-0.4, -0.2) is 51.6 Å². The van der Waals surface area contributed by atoms with E-state index in [9.17, 15) is 16.8 Å². The van der Waals surface area contributed by atoms with Crippen LogP contribution in [0.2, 0.25) is 0 Å². The van der Waals surface area contributed by atoms with Gasteiger partial charge in [-0.1, -0.05) is 66.7 Å². The molecule has 0 aromatic heterocycles. The molecule has 3 aromatic carbocycles. The molecule has 30 heavy (non-hydrogen) atoms. The molecule has 0 bridgehead atoms. The Kier molecular flexibility index (Phi) is 5.75. The lowest BCUT2D eigenvalue weighted by Gasteiger charge is -2.33. The number of sulfonamides is 2. The summed E-state index contributed by atoms with van der Waals surface area (Å²) in [5.41, 5.74) is 1.46. The van der Waals surface area contributed by atoms with Crippen molar-refractivity contribution in [3.05, 3.63) is 84.9 Å². The molecule has 1 fully saturated rings. The van der Waals surface area contributed by atoms with Crippen LogP contribution in [0.1, 0.15) is 0 Å². The van der Waals surface area contributed by atoms with Crippen molar-refractivity contribution in [1.82, 2.24) is 8.61 Å². The molecule has 0 saturated carbocycles. The van der Waals surface area contributed by atoms with E-state index in [2.05, 4.69) is 0 Å². The van der Waals surface area contributed by atoms with Crippen LogP contribution in [-0.2, 0) is 20.0 Å². The van der Waals surface area contributed by atoms with E-state index >= 15 is 0 Å². The molecule has 0 atom stereocenters. The first-order chi connectivity index (χ1) is 14.4. The summed E-state index contributed by atoms with van der Waals surface area (Å²) in [6, 6.07) is 24.5. The largest absolute Gasteiger partial charge is 0.243 e. The highest BCUT2D eigenvalue weighted by molar-refractivity contribution is 7.89. The molecule has 0 amide bonds. The van der Waals surface area contributed by atoms with Crippen molar-refractivity contribution in [1.29, 1.82) is 0 Å². The molecule has 0 unspecified atom stereocenters. The molecule has 1 aliphatic heterocycles. The summed E-state index contributed by atoms with van der Waals surface area (Å²) in [7, 11) is -7.40. The van der Waals surface area contributed by atoms with Gasteiger partial charge in [-0.2, -0.15) is 8.61 Å². The maximum Gasteiger partial charge on any atom is 0.243 e. The Morgan fingerprint density at radius 3 is 1.60 bits per heavy atom. The minimum Gasteiger partial charge on any atom is -0.207 e. The molecule has 3 aromatic rings. The standard InChI is InChI=1S/C22H22N2O4S2/c25-29(26,20-11-5-2-6-12-20)23-15-17-24(18-16-23)30(27,28)22-14-8-7-13-21(22)19-9-3-1-4-10-19/h1-14H,15-18H2. The highest BCUT2D eigenvalue weighted by atomic mass is 32.2. The first kappa shape index (κ1) is 20.7. The molecular weight excluding hydrogens is 420 g/mol. The monoisotopic (exact) mass is 442 g/mol. The van der Waals surface area contributed by atoms with E-state index in [0.29, 0.717) is 5.56 Å². The lowest BCUT2D eigenvalue weighted by molar-refractivity contribution is 0.273. The van der Waals surface area contributed by atoms with E-state index in [1.54, 1.807) is 48.5 Å². The van der Waals surface area contributed by atoms with Crippen LogP contribution in [0.25, 0.3) is 11.1 Å². The summed E-state index contributed by atoms with van der Waals surface area (Å²) in [5.74, 6) is 0. The Balaban J connectivity index is 1.57. The highest BCUT2D eigenvalue weighted by Crippen LogP contribution is 2.30. The maximum absolute atomic E-state index is 13.4. The van der Waals surface area contributed by atoms with Crippen molar-refractivity contribution in [3.63, 3.8) is 0 Å². The Morgan fingerprint density at radius 1 is 0.533 bits per heavy atom. The van der Waals surface area contributed by atoms with Gasteiger partial charge in [0.2, 0.25) is 20.0 Å². The van der Waals surface area contributed by atoms with Crippen LogP contribution in [0.4, 0.5) is 0 Å². The van der Waals surface area contributed by atoms with Gasteiger partial charge in [0.15, 0.2) is 0 Å². The van der Waals surface area contributed by atoms with Crippen LogP contribution in [0.5, 0.6) is 0 Å². The van der Waals surface area contributed by atoms with Crippen LogP contribution < -0.4 is 0 Å². The van der Waals surface area contributed by atoms with Crippen molar-refractivity contribution in [3.8, 4) is 11.1 Å². The van der Waals surface area contributed by atoms with Crippen LogP contribution >= 0.6 is 0 Å². The van der Waals surface area contributed by atoms with Crippen molar-refractivity contribution in [2.75, 3.05) is 26.2 Å². The van der Waals surface area contributed by atoms with Gasteiger partial charge in [-0.25, -0.2) is 16.8 Å². The number of hydrogen-bond donors (Lipinski definition) is 0. The van der Waals surface area contributed by atoms with E-state index in [0.717, 1.165) is 5.56 Å². The Labute approximate surface area is 177 Å². The van der Waals surface area contributed by atoms with Crippen LogP contribution in [0, 0.1) is 0 Å². The second kappa shape index (κ2) is 8.31. The Bertz CT molecular complexity index is 1220. The molecule has 6 nitrogen and oxygen atoms in total. The van der Waals surface area contributed by atoms with Gasteiger partial charge in [0, 0.05) is 31.7 Å². The van der Waals surface area contributed by atoms with E-state index in [1.807, 2.05) is 36.4 Å². The van der Waals surface area contributed by atoms with Gasteiger partial charge in [0.25, 0.3) is 0 Å². The Morgan fingerprint density at radius 2 is 1.00 bits per heavy atom. The first-order valence-corrected chi connectivity index (χ1v) is 12.5. The second-order valence-electron chi connectivity index (χ2n) is 6.98. The zero-order valence-electron chi connectivity index (χ0n) is 16.3. The summed E-state index contributed by atoms with van der Waals surface area (Å²) in [6.07, 6.45) is 0. The maximum atomic E-state index is 13.4. The van der Waals surface area contributed by atoms with Crippen molar-refractivity contribution in [2.45, 2.75) is 9.79 Å². The van der Waals surface area contributed by atoms with Gasteiger partial charge in [-0.05, 0) is 23.8 Å². The van der Waals surface area contributed by atoms with E-state index in [1.165, 1.54) is 8.61 Å². The molecule has 156 valence electrons. The number of rotatable bonds is 5. The summed E-state index contributed by atoms with van der Waals surface area (Å²) in [6.45, 7) is 0.447. The third-order valence-electron chi connectivity index (χ3n) is 5.17. The van der Waals surface area contributed by atoms with Gasteiger partial charge in [0.1, 0.15) is 0 Å². The van der Waals surface area contributed by atoms with Gasteiger partial charge in [0.05, 0.1) is 9.79 Å². The van der Waals surface area contributed by atoms with E-state index in [-0.39, 0.29) is 36.0 Å². The second-order valence-corrected chi connectivity index (χ2v) is 10.8. The average Bonchev–Trinajstić information content (AvgIpc) is 2.80. The molecule has 4 rings (SSSR count). The minimum absolute atomic E-state index is 0.109. The number of nitrogens with zero attached hydrogens (tertiary/aromatic N) is 2.